The lowest BCUT2D eigenvalue weighted by atomic mass is 10.0. The monoisotopic (exact) mass is 1070 g/mol. The second-order valence-corrected chi connectivity index (χ2v) is 20.9. The third-order valence-electron chi connectivity index (χ3n) is 13.5. The third-order valence-corrected chi connectivity index (χ3v) is 13.5. The fourth-order valence-corrected chi connectivity index (χ4v) is 8.65. The number of hydrogen-bond acceptors (Lipinski definition) is 6. The van der Waals surface area contributed by atoms with Gasteiger partial charge >= 0.3 is 17.9 Å². The minimum Gasteiger partial charge on any atom is -0.462 e. The molecule has 6 nitrogen and oxygen atoms in total. The van der Waals surface area contributed by atoms with E-state index in [0.29, 0.717) is 19.3 Å². The van der Waals surface area contributed by atoms with Gasteiger partial charge in [0.2, 0.25) is 0 Å². The van der Waals surface area contributed by atoms with Crippen LogP contribution in [0.3, 0.4) is 0 Å². The molecule has 0 fully saturated rings. The first-order valence-corrected chi connectivity index (χ1v) is 32.0. The summed E-state index contributed by atoms with van der Waals surface area (Å²) in [5.41, 5.74) is 0. The Morgan fingerprint density at radius 2 is 0.519 bits per heavy atom. The molecule has 0 aliphatic rings. The van der Waals surface area contributed by atoms with E-state index in [0.717, 1.165) is 148 Å². The van der Waals surface area contributed by atoms with Gasteiger partial charge in [0.1, 0.15) is 13.2 Å². The highest BCUT2D eigenvalue weighted by Crippen LogP contribution is 2.16. The highest BCUT2D eigenvalue weighted by Gasteiger charge is 2.19. The summed E-state index contributed by atoms with van der Waals surface area (Å²) < 4.78 is 16.9. The minimum absolute atomic E-state index is 0.0878. The Morgan fingerprint density at radius 1 is 0.273 bits per heavy atom. The topological polar surface area (TPSA) is 78.9 Å². The van der Waals surface area contributed by atoms with Gasteiger partial charge in [0, 0.05) is 19.3 Å². The van der Waals surface area contributed by atoms with Gasteiger partial charge in [0.25, 0.3) is 0 Å². The largest absolute Gasteiger partial charge is 0.462 e. The Hall–Kier alpha value is -4.19. The number of rotatable bonds is 57. The molecule has 0 aromatic rings. The maximum Gasteiger partial charge on any atom is 0.306 e. The molecule has 0 heterocycles. The summed E-state index contributed by atoms with van der Waals surface area (Å²) >= 11 is 0. The molecule has 0 bridgehead atoms. The first-order valence-electron chi connectivity index (χ1n) is 32.0. The predicted molar refractivity (Wildman–Crippen MR) is 334 cm³/mol. The van der Waals surface area contributed by atoms with E-state index in [1.165, 1.54) is 103 Å². The van der Waals surface area contributed by atoms with Gasteiger partial charge in [-0.15, -0.1) is 0 Å². The van der Waals surface area contributed by atoms with Gasteiger partial charge in [-0.1, -0.05) is 284 Å². The van der Waals surface area contributed by atoms with Crippen molar-refractivity contribution in [2.75, 3.05) is 13.2 Å². The molecule has 1 atom stereocenters. The van der Waals surface area contributed by atoms with Crippen LogP contribution in [0.4, 0.5) is 0 Å². The average molecular weight is 1070 g/mol. The van der Waals surface area contributed by atoms with Gasteiger partial charge in [0.15, 0.2) is 6.10 Å². The number of esters is 3. The molecule has 77 heavy (non-hydrogen) atoms. The Bertz CT molecular complexity index is 1600. The highest BCUT2D eigenvalue weighted by molar-refractivity contribution is 5.71. The molecule has 0 saturated heterocycles. The molecule has 0 aromatic heterocycles. The first-order chi connectivity index (χ1) is 38.0. The van der Waals surface area contributed by atoms with Crippen LogP contribution in [0.5, 0.6) is 0 Å². The number of carbonyl (C=O) groups is 3. The lowest BCUT2D eigenvalue weighted by Crippen LogP contribution is -2.30. The molecule has 0 aliphatic heterocycles. The molecule has 6 heteroatoms. The number of carbonyl (C=O) groups excluding carboxylic acids is 3. The predicted octanol–water partition coefficient (Wildman–Crippen LogP) is 22.0. The van der Waals surface area contributed by atoms with E-state index in [-0.39, 0.29) is 31.1 Å². The van der Waals surface area contributed by atoms with Gasteiger partial charge in [-0.25, -0.2) is 0 Å². The van der Waals surface area contributed by atoms with E-state index in [2.05, 4.69) is 142 Å². The Balaban J connectivity index is 4.32. The maximum atomic E-state index is 12.9. The van der Waals surface area contributed by atoms with E-state index in [9.17, 15) is 14.4 Å². The van der Waals surface area contributed by atoms with Gasteiger partial charge in [-0.2, -0.15) is 0 Å². The summed E-state index contributed by atoms with van der Waals surface area (Å²) in [6.45, 7) is 6.47. The van der Waals surface area contributed by atoms with E-state index in [1.807, 2.05) is 0 Å². The van der Waals surface area contributed by atoms with Crippen LogP contribution in [0.2, 0.25) is 0 Å². The van der Waals surface area contributed by atoms with E-state index in [4.69, 9.17) is 14.2 Å². The smallest absolute Gasteiger partial charge is 0.306 e. The average Bonchev–Trinajstić information content (AvgIpc) is 3.43. The van der Waals surface area contributed by atoms with Gasteiger partial charge in [0.05, 0.1) is 0 Å². The lowest BCUT2D eigenvalue weighted by Gasteiger charge is -2.18. The van der Waals surface area contributed by atoms with E-state index in [1.54, 1.807) is 0 Å². The molecule has 0 aliphatic carbocycles. The molecule has 0 spiro atoms. The molecule has 0 saturated carbocycles. The molecule has 0 aromatic carbocycles. The van der Waals surface area contributed by atoms with Crippen molar-refractivity contribution in [2.24, 2.45) is 0 Å². The van der Waals surface area contributed by atoms with Crippen molar-refractivity contribution in [2.45, 2.75) is 297 Å². The summed E-state index contributed by atoms with van der Waals surface area (Å²) in [5.74, 6) is -0.912. The van der Waals surface area contributed by atoms with Crippen LogP contribution in [-0.4, -0.2) is 37.2 Å². The quantitative estimate of drug-likeness (QED) is 0.0261. The van der Waals surface area contributed by atoms with Crippen LogP contribution in [0.1, 0.15) is 290 Å². The molecular weight excluding hydrogens is 949 g/mol. The van der Waals surface area contributed by atoms with Crippen LogP contribution in [-0.2, 0) is 28.6 Å². The maximum absolute atomic E-state index is 12.9. The van der Waals surface area contributed by atoms with Gasteiger partial charge < -0.3 is 14.2 Å². The van der Waals surface area contributed by atoms with Crippen molar-refractivity contribution >= 4 is 17.9 Å². The fourth-order valence-electron chi connectivity index (χ4n) is 8.65. The molecular formula is C71H118O6. The second kappa shape index (κ2) is 64.3. The lowest BCUT2D eigenvalue weighted by molar-refractivity contribution is -0.167. The van der Waals surface area contributed by atoms with Crippen LogP contribution in [0.15, 0.2) is 122 Å². The van der Waals surface area contributed by atoms with Crippen molar-refractivity contribution in [3.8, 4) is 0 Å². The zero-order chi connectivity index (χ0) is 55.7. The van der Waals surface area contributed by atoms with E-state index >= 15 is 0 Å². The normalized spacial score (nSPS) is 12.9. The molecule has 0 N–H and O–H groups in total. The first kappa shape index (κ1) is 72.8. The second-order valence-electron chi connectivity index (χ2n) is 20.9. The van der Waals surface area contributed by atoms with Crippen molar-refractivity contribution in [1.82, 2.24) is 0 Å². The fraction of sp³-hybridized carbons (Fsp3) is 0.676. The molecule has 0 amide bonds. The SMILES string of the molecule is CC/C=C\C/C=C\C/C=C\C/C=C\C/C=C\C/C=C\C/C=C\C/C=C\CCCCCCCCC(=O)OCC(COC(=O)CCCCCCCCCCCCCCCC)OC(=O)CCCCCCC/C=C\C/C=C\CCCC. The number of hydrogen-bond donors (Lipinski definition) is 0. The Morgan fingerprint density at radius 3 is 0.831 bits per heavy atom. The minimum atomic E-state index is -0.793. The van der Waals surface area contributed by atoms with Crippen LogP contribution in [0.25, 0.3) is 0 Å². The zero-order valence-corrected chi connectivity index (χ0v) is 50.2. The Labute approximate surface area is 475 Å². The van der Waals surface area contributed by atoms with Crippen molar-refractivity contribution < 1.29 is 28.6 Å². The van der Waals surface area contributed by atoms with Crippen molar-refractivity contribution in [1.29, 1.82) is 0 Å². The summed E-state index contributed by atoms with van der Waals surface area (Å²) in [6.07, 6.45) is 89.1. The van der Waals surface area contributed by atoms with E-state index < -0.39 is 6.10 Å². The molecule has 0 rings (SSSR count). The standard InChI is InChI=1S/C71H118O6/c1-4-7-10-13-16-19-22-25-28-29-30-31-32-33-34-35-36-37-38-39-40-41-42-43-44-47-49-52-55-58-61-64-70(73)76-67-68(77-71(74)65-62-59-56-53-50-46-27-24-21-18-15-12-9-6-3)66-75-69(72)63-60-57-54-51-48-45-26-23-20-17-14-11-8-5-2/h7,10,15-16,18-19,24-25,27-28,30-31,33-34,36-37,39-40,42-43,68H,4-6,8-9,11-14,17,20-23,26,29,32,35,38,41,44-67H2,1-3H3/b10-7-,18-15-,19-16-,27-24-,28-25-,31-30-,34-33-,37-36-,40-39-,43-42-. The Kier molecular flexibility index (Phi) is 60.8. The summed E-state index contributed by atoms with van der Waals surface area (Å²) in [7, 11) is 0. The van der Waals surface area contributed by atoms with Crippen LogP contribution in [0, 0.1) is 0 Å². The number of unbranched alkanes of at least 4 members (excludes halogenated alkanes) is 26. The third kappa shape index (κ3) is 62.5. The molecule has 438 valence electrons. The van der Waals surface area contributed by atoms with Gasteiger partial charge in [-0.3, -0.25) is 14.4 Å². The van der Waals surface area contributed by atoms with Crippen LogP contribution < -0.4 is 0 Å². The van der Waals surface area contributed by atoms with Crippen molar-refractivity contribution in [3.05, 3.63) is 122 Å². The summed E-state index contributed by atoms with van der Waals surface area (Å²) in [6, 6.07) is 0. The highest BCUT2D eigenvalue weighted by atomic mass is 16.6. The molecule has 0 radical (unpaired) electrons. The van der Waals surface area contributed by atoms with Crippen molar-refractivity contribution in [3.63, 3.8) is 0 Å². The van der Waals surface area contributed by atoms with Crippen LogP contribution >= 0.6 is 0 Å². The molecule has 1 unspecified atom stereocenters. The number of ether oxygens (including phenoxy) is 3. The zero-order valence-electron chi connectivity index (χ0n) is 50.2. The number of allylic oxidation sites excluding steroid dienone is 20. The summed E-state index contributed by atoms with van der Waals surface area (Å²) in [4.78, 5) is 38.2. The van der Waals surface area contributed by atoms with Gasteiger partial charge in [-0.05, 0) is 109 Å². The summed E-state index contributed by atoms with van der Waals surface area (Å²) in [5, 5.41) is 0.